The molecular formula is C21H18ClNO3. The summed E-state index contributed by atoms with van der Waals surface area (Å²) in [4.78, 5) is 26.2. The number of halogens is 1. The van der Waals surface area contributed by atoms with E-state index in [0.717, 1.165) is 16.0 Å². The third-order valence-corrected chi connectivity index (χ3v) is 4.71. The van der Waals surface area contributed by atoms with Gasteiger partial charge < -0.3 is 4.74 Å². The summed E-state index contributed by atoms with van der Waals surface area (Å²) in [6.45, 7) is 1.86. The highest BCUT2D eigenvalue weighted by atomic mass is 35.5. The van der Waals surface area contributed by atoms with Crippen LogP contribution in [0.2, 0.25) is 5.02 Å². The monoisotopic (exact) mass is 367 g/mol. The lowest BCUT2D eigenvalue weighted by Crippen LogP contribution is -2.24. The van der Waals surface area contributed by atoms with Crippen LogP contribution in [0.15, 0.2) is 53.6 Å². The molecule has 0 radical (unpaired) electrons. The number of ether oxygens (including phenoxy) is 1. The van der Waals surface area contributed by atoms with Crippen LogP contribution in [0, 0.1) is 6.92 Å². The lowest BCUT2D eigenvalue weighted by molar-refractivity contribution is -0.134. The molecule has 2 aromatic rings. The average molecular weight is 368 g/mol. The molecule has 26 heavy (non-hydrogen) atoms. The lowest BCUT2D eigenvalue weighted by atomic mass is 10.0. The van der Waals surface area contributed by atoms with Gasteiger partial charge in [-0.3, -0.25) is 14.5 Å². The number of likely N-dealkylation sites (tertiary alicyclic amines) is 1. The van der Waals surface area contributed by atoms with Crippen molar-refractivity contribution in [3.63, 3.8) is 0 Å². The molecule has 1 fully saturated rings. The molecule has 2 amide bonds. The van der Waals surface area contributed by atoms with Crippen LogP contribution in [-0.4, -0.2) is 30.9 Å². The van der Waals surface area contributed by atoms with Crippen LogP contribution in [0.4, 0.5) is 0 Å². The van der Waals surface area contributed by atoms with Gasteiger partial charge in [0.1, 0.15) is 5.75 Å². The van der Waals surface area contributed by atoms with Crippen LogP contribution >= 0.6 is 11.6 Å². The Morgan fingerprint density at radius 2 is 1.54 bits per heavy atom. The van der Waals surface area contributed by atoms with E-state index in [0.29, 0.717) is 27.5 Å². The second-order valence-electron chi connectivity index (χ2n) is 6.03. The molecule has 0 aromatic heterocycles. The molecule has 0 saturated carbocycles. The smallest absolute Gasteiger partial charge is 0.261 e. The maximum Gasteiger partial charge on any atom is 0.261 e. The number of imide groups is 1. The number of nitrogens with zero attached hydrogens (tertiary/aromatic N) is 1. The number of rotatable bonds is 3. The molecule has 2 aromatic carbocycles. The van der Waals surface area contributed by atoms with Crippen LogP contribution in [0.3, 0.4) is 0 Å². The Morgan fingerprint density at radius 3 is 2.12 bits per heavy atom. The molecule has 1 saturated heterocycles. The number of carbonyl (C=O) groups is 2. The van der Waals surface area contributed by atoms with Crippen LogP contribution < -0.4 is 4.74 Å². The van der Waals surface area contributed by atoms with Crippen LogP contribution in [-0.2, 0) is 9.59 Å². The maximum atomic E-state index is 12.6. The predicted molar refractivity (Wildman–Crippen MR) is 103 cm³/mol. The highest BCUT2D eigenvalue weighted by Gasteiger charge is 2.36. The number of hydrogen-bond acceptors (Lipinski definition) is 3. The van der Waals surface area contributed by atoms with E-state index in [-0.39, 0.29) is 11.8 Å². The average Bonchev–Trinajstić information content (AvgIpc) is 2.83. The summed E-state index contributed by atoms with van der Waals surface area (Å²) in [5.74, 6) is -0.0359. The number of methoxy groups -OCH3 is 1. The van der Waals surface area contributed by atoms with Crippen LogP contribution in [0.5, 0.6) is 5.75 Å². The fraction of sp³-hybridized carbons (Fsp3) is 0.143. The summed E-state index contributed by atoms with van der Waals surface area (Å²) < 4.78 is 5.33. The molecule has 132 valence electrons. The number of carbonyl (C=O) groups excluding carboxylic acids is 2. The van der Waals surface area contributed by atoms with Gasteiger partial charge in [-0.05, 0) is 42.3 Å². The van der Waals surface area contributed by atoms with Gasteiger partial charge in [0.15, 0.2) is 0 Å². The highest BCUT2D eigenvalue weighted by molar-refractivity contribution is 6.32. The molecule has 0 atom stereocenters. The molecule has 1 aliphatic heterocycles. The Morgan fingerprint density at radius 1 is 0.962 bits per heavy atom. The molecule has 5 heteroatoms. The van der Waals surface area contributed by atoms with E-state index in [4.69, 9.17) is 16.3 Å². The Labute approximate surface area is 157 Å². The van der Waals surface area contributed by atoms with E-state index >= 15 is 0 Å². The minimum Gasteiger partial charge on any atom is -0.496 e. The summed E-state index contributed by atoms with van der Waals surface area (Å²) in [6.07, 6.45) is 3.40. The van der Waals surface area contributed by atoms with Crippen molar-refractivity contribution in [3.8, 4) is 5.75 Å². The molecule has 0 bridgehead atoms. The van der Waals surface area contributed by atoms with Crippen molar-refractivity contribution in [1.82, 2.24) is 4.90 Å². The van der Waals surface area contributed by atoms with Crippen molar-refractivity contribution >= 4 is 35.6 Å². The first-order valence-corrected chi connectivity index (χ1v) is 8.45. The molecule has 3 rings (SSSR count). The Balaban J connectivity index is 2.13. The SMILES string of the molecule is COc1cc(/C=C2/C(=O)N(C)C(=O)C2=Cc2ccccc2)cc(Cl)c1C. The fourth-order valence-electron chi connectivity index (χ4n) is 2.81. The lowest BCUT2D eigenvalue weighted by Gasteiger charge is -2.08. The number of amides is 2. The zero-order valence-electron chi connectivity index (χ0n) is 14.7. The molecule has 1 aliphatic rings. The molecular weight excluding hydrogens is 350 g/mol. The predicted octanol–water partition coefficient (Wildman–Crippen LogP) is 4.12. The van der Waals surface area contributed by atoms with Crippen molar-refractivity contribution in [1.29, 1.82) is 0 Å². The highest BCUT2D eigenvalue weighted by Crippen LogP contribution is 2.32. The quantitative estimate of drug-likeness (QED) is 0.605. The number of hydrogen-bond donors (Lipinski definition) is 0. The van der Waals surface area contributed by atoms with Crippen LogP contribution in [0.1, 0.15) is 16.7 Å². The van der Waals surface area contributed by atoms with Gasteiger partial charge in [0.25, 0.3) is 11.8 Å². The van der Waals surface area contributed by atoms with Gasteiger partial charge in [-0.2, -0.15) is 0 Å². The van der Waals surface area contributed by atoms with Gasteiger partial charge >= 0.3 is 0 Å². The second-order valence-corrected chi connectivity index (χ2v) is 6.43. The molecule has 4 nitrogen and oxygen atoms in total. The Bertz CT molecular complexity index is 945. The van der Waals surface area contributed by atoms with Gasteiger partial charge in [-0.25, -0.2) is 0 Å². The number of likely N-dealkylation sites (N-methyl/N-ethyl adjacent to an activating group) is 1. The number of benzene rings is 2. The zero-order chi connectivity index (χ0) is 18.8. The van der Waals surface area contributed by atoms with E-state index in [9.17, 15) is 9.59 Å². The van der Waals surface area contributed by atoms with E-state index < -0.39 is 0 Å². The maximum absolute atomic E-state index is 12.6. The molecule has 0 aliphatic carbocycles. The third kappa shape index (κ3) is 3.28. The van der Waals surface area contributed by atoms with E-state index in [1.807, 2.05) is 37.3 Å². The van der Waals surface area contributed by atoms with Gasteiger partial charge in [0.05, 0.1) is 18.3 Å². The fourth-order valence-corrected chi connectivity index (χ4v) is 3.03. The summed E-state index contributed by atoms with van der Waals surface area (Å²) in [5, 5.41) is 0.537. The van der Waals surface area contributed by atoms with E-state index in [1.165, 1.54) is 7.05 Å². The largest absolute Gasteiger partial charge is 0.496 e. The first-order valence-electron chi connectivity index (χ1n) is 8.07. The molecule has 0 spiro atoms. The van der Waals surface area contributed by atoms with Crippen molar-refractivity contribution in [2.75, 3.05) is 14.2 Å². The molecule has 0 N–H and O–H groups in total. The molecule has 1 heterocycles. The normalized spacial score (nSPS) is 17.5. The van der Waals surface area contributed by atoms with Gasteiger partial charge in [-0.15, -0.1) is 0 Å². The standard InChI is InChI=1S/C21H18ClNO3/c1-13-18(22)11-15(12-19(13)26-3)10-17-16(20(24)23(2)21(17)25)9-14-7-5-4-6-8-14/h4-12H,1-3H3/b16-9?,17-10+. The van der Waals surface area contributed by atoms with Crippen molar-refractivity contribution in [2.24, 2.45) is 0 Å². The zero-order valence-corrected chi connectivity index (χ0v) is 15.5. The van der Waals surface area contributed by atoms with Crippen molar-refractivity contribution < 1.29 is 14.3 Å². The topological polar surface area (TPSA) is 46.6 Å². The summed E-state index contributed by atoms with van der Waals surface area (Å²) >= 11 is 6.26. The minimum absolute atomic E-state index is 0.324. The summed E-state index contributed by atoms with van der Waals surface area (Å²) in [7, 11) is 3.04. The summed E-state index contributed by atoms with van der Waals surface area (Å²) in [5.41, 5.74) is 3.07. The third-order valence-electron chi connectivity index (χ3n) is 4.32. The van der Waals surface area contributed by atoms with Crippen molar-refractivity contribution in [2.45, 2.75) is 6.92 Å². The van der Waals surface area contributed by atoms with Crippen molar-refractivity contribution in [3.05, 3.63) is 75.3 Å². The minimum atomic E-state index is -0.340. The Kier molecular flexibility index (Phi) is 4.96. The van der Waals surface area contributed by atoms with Gasteiger partial charge in [-0.1, -0.05) is 41.9 Å². The van der Waals surface area contributed by atoms with Gasteiger partial charge in [0, 0.05) is 17.6 Å². The molecule has 0 unspecified atom stereocenters. The van der Waals surface area contributed by atoms with E-state index in [2.05, 4.69) is 0 Å². The Hall–Kier alpha value is -2.85. The second kappa shape index (κ2) is 7.18. The van der Waals surface area contributed by atoms with Gasteiger partial charge in [0.2, 0.25) is 0 Å². The first kappa shape index (κ1) is 18.0. The van der Waals surface area contributed by atoms with Crippen LogP contribution in [0.25, 0.3) is 12.2 Å². The summed E-state index contributed by atoms with van der Waals surface area (Å²) in [6, 6.07) is 13.0. The van der Waals surface area contributed by atoms with E-state index in [1.54, 1.807) is 31.4 Å². The first-order chi connectivity index (χ1) is 12.4.